The number of nitrogens with zero attached hydrogens (tertiary/aromatic N) is 3. The summed E-state index contributed by atoms with van der Waals surface area (Å²) in [5.41, 5.74) is 18.4. The van der Waals surface area contributed by atoms with Crippen molar-refractivity contribution in [1.29, 1.82) is 5.26 Å². The predicted octanol–water partition coefficient (Wildman–Crippen LogP) is 8.61. The van der Waals surface area contributed by atoms with Crippen LogP contribution >= 0.6 is 0 Å². The molecule has 40 heavy (non-hydrogen) atoms. The van der Waals surface area contributed by atoms with Crippen LogP contribution in [0.3, 0.4) is 0 Å². The van der Waals surface area contributed by atoms with E-state index in [1.165, 1.54) is 0 Å². The zero-order valence-electron chi connectivity index (χ0n) is 21.8. The van der Waals surface area contributed by atoms with Crippen LogP contribution in [0.25, 0.3) is 44.5 Å². The number of nitrogens with two attached hydrogens (primary N) is 1. The third kappa shape index (κ3) is 4.80. The summed E-state index contributed by atoms with van der Waals surface area (Å²) in [5.74, 6) is 0. The maximum Gasteiger partial charge on any atom is 0.0991 e. The molecule has 4 aromatic carbocycles. The Morgan fingerprint density at radius 1 is 0.700 bits per heavy atom. The van der Waals surface area contributed by atoms with Crippen molar-refractivity contribution in [3.05, 3.63) is 152 Å². The fourth-order valence-corrected chi connectivity index (χ4v) is 4.92. The highest BCUT2D eigenvalue weighted by atomic mass is 15.1. The van der Waals surface area contributed by atoms with Gasteiger partial charge in [0, 0.05) is 29.9 Å². The topological polar surface area (TPSA) is 65.9 Å². The highest BCUT2D eigenvalue weighted by Crippen LogP contribution is 2.41. The van der Waals surface area contributed by atoms with Crippen molar-refractivity contribution >= 4 is 11.4 Å². The molecule has 1 aromatic heterocycles. The number of nitrogen functional groups attached to an aromatic ring is 1. The average molecular weight is 515 g/mol. The lowest BCUT2D eigenvalue weighted by molar-refractivity contribution is 1.20. The molecule has 190 valence electrons. The number of aromatic nitrogens is 1. The molecule has 0 radical (unpaired) electrons. The smallest absolute Gasteiger partial charge is 0.0991 e. The van der Waals surface area contributed by atoms with Crippen LogP contribution in [0.15, 0.2) is 146 Å². The van der Waals surface area contributed by atoms with Crippen molar-refractivity contribution in [2.24, 2.45) is 0 Å². The molecule has 6 rings (SSSR count). The van der Waals surface area contributed by atoms with Crippen molar-refractivity contribution < 1.29 is 0 Å². The van der Waals surface area contributed by atoms with Gasteiger partial charge in [-0.3, -0.25) is 4.98 Å². The van der Waals surface area contributed by atoms with E-state index < -0.39 is 0 Å². The maximum absolute atomic E-state index is 9.11. The van der Waals surface area contributed by atoms with Gasteiger partial charge in [-0.05, 0) is 81.4 Å². The second-order valence-electron chi connectivity index (χ2n) is 9.60. The summed E-state index contributed by atoms with van der Waals surface area (Å²) in [6.07, 6.45) is 11.6. The van der Waals surface area contributed by atoms with Crippen LogP contribution in [0, 0.1) is 11.3 Å². The molecular formula is C36H26N4. The summed E-state index contributed by atoms with van der Waals surface area (Å²) in [7, 11) is 0. The second kappa shape index (κ2) is 10.6. The van der Waals surface area contributed by atoms with Crippen LogP contribution in [0.5, 0.6) is 0 Å². The largest absolute Gasteiger partial charge is 0.397 e. The summed E-state index contributed by atoms with van der Waals surface area (Å²) in [4.78, 5) is 6.27. The molecule has 2 heterocycles. The van der Waals surface area contributed by atoms with Crippen LogP contribution in [-0.2, 0) is 0 Å². The van der Waals surface area contributed by atoms with Gasteiger partial charge in [0.05, 0.1) is 23.0 Å². The Morgan fingerprint density at radius 3 is 1.90 bits per heavy atom. The van der Waals surface area contributed by atoms with E-state index >= 15 is 0 Å². The third-order valence-corrected chi connectivity index (χ3v) is 7.12. The van der Waals surface area contributed by atoms with Crippen molar-refractivity contribution in [2.75, 3.05) is 10.6 Å². The summed E-state index contributed by atoms with van der Waals surface area (Å²) in [5, 5.41) is 9.11. The molecule has 0 bridgehead atoms. The Labute approximate surface area is 234 Å². The van der Waals surface area contributed by atoms with Gasteiger partial charge in [0.2, 0.25) is 0 Å². The van der Waals surface area contributed by atoms with E-state index in [9.17, 15) is 0 Å². The fourth-order valence-electron chi connectivity index (χ4n) is 4.92. The number of hydrogen-bond acceptors (Lipinski definition) is 4. The highest BCUT2D eigenvalue weighted by molar-refractivity contribution is 5.93. The Morgan fingerprint density at radius 2 is 1.30 bits per heavy atom. The molecule has 4 nitrogen and oxygen atoms in total. The number of allylic oxidation sites excluding steroid dienone is 3. The minimum Gasteiger partial charge on any atom is -0.397 e. The molecule has 0 fully saturated rings. The van der Waals surface area contributed by atoms with Gasteiger partial charge in [-0.15, -0.1) is 0 Å². The number of pyridine rings is 1. The van der Waals surface area contributed by atoms with Crippen LogP contribution < -0.4 is 10.6 Å². The van der Waals surface area contributed by atoms with E-state index in [-0.39, 0.29) is 0 Å². The molecule has 0 spiro atoms. The Kier molecular flexibility index (Phi) is 6.54. The van der Waals surface area contributed by atoms with Crippen LogP contribution in [0.2, 0.25) is 0 Å². The monoisotopic (exact) mass is 514 g/mol. The first-order valence-corrected chi connectivity index (χ1v) is 13.0. The molecule has 0 aliphatic carbocycles. The van der Waals surface area contributed by atoms with E-state index in [1.807, 2.05) is 65.9 Å². The van der Waals surface area contributed by atoms with Crippen molar-refractivity contribution in [3.63, 3.8) is 0 Å². The quantitative estimate of drug-likeness (QED) is 0.238. The molecular weight excluding hydrogens is 488 g/mol. The lowest BCUT2D eigenvalue weighted by atomic mass is 9.93. The predicted molar refractivity (Wildman–Crippen MR) is 165 cm³/mol. The van der Waals surface area contributed by atoms with E-state index in [4.69, 9.17) is 11.0 Å². The SMILES string of the molecule is C=C1C=CC=CN1c1cc(-c2ccc(-c3ccc(C#N)cc3)cc2)cc(-c2ccc(-c3cccnc3)cc2)c1N. The molecule has 4 heteroatoms. The second-order valence-corrected chi connectivity index (χ2v) is 9.60. The molecule has 0 unspecified atom stereocenters. The molecule has 1 aliphatic rings. The highest BCUT2D eigenvalue weighted by Gasteiger charge is 2.17. The van der Waals surface area contributed by atoms with Gasteiger partial charge in [-0.25, -0.2) is 0 Å². The van der Waals surface area contributed by atoms with Gasteiger partial charge in [0.1, 0.15) is 0 Å². The zero-order chi connectivity index (χ0) is 27.5. The first-order chi connectivity index (χ1) is 19.6. The van der Waals surface area contributed by atoms with Crippen molar-refractivity contribution in [3.8, 4) is 50.6 Å². The van der Waals surface area contributed by atoms with Crippen LogP contribution in [0.1, 0.15) is 5.56 Å². The van der Waals surface area contributed by atoms with E-state index in [2.05, 4.69) is 84.4 Å². The van der Waals surface area contributed by atoms with E-state index in [1.54, 1.807) is 6.20 Å². The number of hydrogen-bond donors (Lipinski definition) is 1. The summed E-state index contributed by atoms with van der Waals surface area (Å²) in [6.45, 7) is 4.23. The first kappa shape index (κ1) is 24.7. The molecule has 5 aromatic rings. The molecule has 0 saturated heterocycles. The lowest BCUT2D eigenvalue weighted by Crippen LogP contribution is -2.16. The maximum atomic E-state index is 9.11. The van der Waals surface area contributed by atoms with Crippen molar-refractivity contribution in [1.82, 2.24) is 4.98 Å². The van der Waals surface area contributed by atoms with Gasteiger partial charge in [0.15, 0.2) is 0 Å². The summed E-state index contributed by atoms with van der Waals surface area (Å²) in [6, 6.07) is 35.0. The van der Waals surface area contributed by atoms with Crippen LogP contribution in [0.4, 0.5) is 11.4 Å². The summed E-state index contributed by atoms with van der Waals surface area (Å²) < 4.78 is 0. The number of anilines is 2. The third-order valence-electron chi connectivity index (χ3n) is 7.12. The Bertz CT molecular complexity index is 1790. The molecule has 0 atom stereocenters. The van der Waals surface area contributed by atoms with E-state index in [0.29, 0.717) is 11.3 Å². The zero-order valence-corrected chi connectivity index (χ0v) is 21.8. The van der Waals surface area contributed by atoms with Crippen LogP contribution in [-0.4, -0.2) is 4.98 Å². The van der Waals surface area contributed by atoms with Crippen molar-refractivity contribution in [2.45, 2.75) is 0 Å². The number of benzene rings is 4. The van der Waals surface area contributed by atoms with E-state index in [0.717, 1.165) is 55.9 Å². The fraction of sp³-hybridized carbons (Fsp3) is 0. The summed E-state index contributed by atoms with van der Waals surface area (Å²) >= 11 is 0. The standard InChI is InChI=1S/C36H26N4/c1-25-5-2-3-20-40(25)35-22-33(30-13-11-28(12-14-30)27-9-7-26(23-37)8-10-27)21-34(36(35)38)31-17-15-29(16-18-31)32-6-4-19-39-24-32/h2-22,24H,1,38H2. The van der Waals surface area contributed by atoms with Gasteiger partial charge in [-0.2, -0.15) is 5.26 Å². The average Bonchev–Trinajstić information content (AvgIpc) is 3.02. The Balaban J connectivity index is 1.42. The molecule has 0 amide bonds. The van der Waals surface area contributed by atoms with Gasteiger partial charge in [0.25, 0.3) is 0 Å². The minimum atomic E-state index is 0.652. The van der Waals surface area contributed by atoms with Gasteiger partial charge in [-0.1, -0.05) is 79.4 Å². The first-order valence-electron chi connectivity index (χ1n) is 13.0. The number of rotatable bonds is 5. The molecule has 2 N–H and O–H groups in total. The number of nitriles is 1. The molecule has 0 saturated carbocycles. The Hall–Kier alpha value is -5.66. The van der Waals surface area contributed by atoms with Gasteiger partial charge >= 0.3 is 0 Å². The van der Waals surface area contributed by atoms with Gasteiger partial charge < -0.3 is 10.6 Å². The normalized spacial score (nSPS) is 12.4. The molecule has 1 aliphatic heterocycles. The minimum absolute atomic E-state index is 0.652. The lowest BCUT2D eigenvalue weighted by Gasteiger charge is -2.26.